The molecule has 2 nitrogen and oxygen atoms in total. The van der Waals surface area contributed by atoms with Crippen molar-refractivity contribution in [2.24, 2.45) is 0 Å². The van der Waals surface area contributed by atoms with Crippen molar-refractivity contribution in [3.63, 3.8) is 0 Å². The van der Waals surface area contributed by atoms with Gasteiger partial charge in [0.15, 0.2) is 0 Å². The van der Waals surface area contributed by atoms with Gasteiger partial charge >= 0.3 is 0 Å². The average molecular weight is 364 g/mol. The zero-order valence-electron chi connectivity index (χ0n) is 18.4. The minimum absolute atomic E-state index is 0.553. The number of nitrogens with zero attached hydrogens (tertiary/aromatic N) is 1. The number of unbranched alkanes of at least 4 members (excludes halogenated alkanes) is 11. The molecule has 1 heterocycles. The van der Waals surface area contributed by atoms with Crippen molar-refractivity contribution >= 4 is 0 Å². The number of imidazole rings is 1. The van der Waals surface area contributed by atoms with E-state index in [9.17, 15) is 0 Å². The Morgan fingerprint density at radius 2 is 1.19 bits per heavy atom. The van der Waals surface area contributed by atoms with E-state index in [0.717, 1.165) is 0 Å². The van der Waals surface area contributed by atoms with Crippen LogP contribution in [-0.2, 0) is 0 Å². The van der Waals surface area contributed by atoms with Crippen LogP contribution in [0.1, 0.15) is 142 Å². The Labute approximate surface area is 164 Å². The molecule has 0 saturated carbocycles. The first-order valence-corrected chi connectivity index (χ1v) is 11.8. The Hall–Kier alpha value is -0.790. The SMILES string of the molecule is CCCCCCCCCCC[C@H](CCCCCC)c1[nH]cc[n+]1C(C)C. The third-order valence-electron chi connectivity index (χ3n) is 5.75. The van der Waals surface area contributed by atoms with Crippen molar-refractivity contribution in [2.45, 2.75) is 136 Å². The molecule has 0 unspecified atom stereocenters. The zero-order valence-corrected chi connectivity index (χ0v) is 18.4. The molecule has 1 atom stereocenters. The molecule has 0 spiro atoms. The number of hydrogen-bond acceptors (Lipinski definition) is 0. The van der Waals surface area contributed by atoms with E-state index in [2.05, 4.69) is 49.6 Å². The second-order valence-electron chi connectivity index (χ2n) is 8.51. The van der Waals surface area contributed by atoms with Crippen LogP contribution in [0.25, 0.3) is 0 Å². The number of aromatic nitrogens is 2. The topological polar surface area (TPSA) is 19.7 Å². The summed E-state index contributed by atoms with van der Waals surface area (Å²) in [4.78, 5) is 3.57. The summed E-state index contributed by atoms with van der Waals surface area (Å²) in [6, 6.07) is 0.553. The van der Waals surface area contributed by atoms with Crippen LogP contribution in [0.5, 0.6) is 0 Å². The summed E-state index contributed by atoms with van der Waals surface area (Å²) in [6.45, 7) is 9.19. The standard InChI is InChI=1S/C24H46N2/c1-5-7-9-11-12-13-14-15-17-19-23(18-16-10-8-6-2)24-25-20-21-26(24)22(3)4/h20-23H,5-19H2,1-4H3/p+1/t23-/m0/s1. The molecule has 0 aliphatic carbocycles. The molecular weight excluding hydrogens is 316 g/mol. The summed E-state index contributed by atoms with van der Waals surface area (Å²) < 4.78 is 2.46. The van der Waals surface area contributed by atoms with Gasteiger partial charge in [0.1, 0.15) is 12.4 Å². The fraction of sp³-hybridized carbons (Fsp3) is 0.875. The second kappa shape index (κ2) is 15.3. The summed E-state index contributed by atoms with van der Waals surface area (Å²) >= 11 is 0. The molecule has 0 aliphatic rings. The van der Waals surface area contributed by atoms with Gasteiger partial charge in [0.05, 0.1) is 12.0 Å². The molecular formula is C24H47N2+. The van der Waals surface area contributed by atoms with Gasteiger partial charge in [-0.05, 0) is 26.7 Å². The molecule has 1 N–H and O–H groups in total. The van der Waals surface area contributed by atoms with Gasteiger partial charge in [-0.1, -0.05) is 97.3 Å². The van der Waals surface area contributed by atoms with E-state index in [0.29, 0.717) is 12.0 Å². The normalized spacial score (nSPS) is 12.8. The van der Waals surface area contributed by atoms with Gasteiger partial charge < -0.3 is 0 Å². The quantitative estimate of drug-likeness (QED) is 0.215. The average Bonchev–Trinajstić information content (AvgIpc) is 3.12. The fourth-order valence-electron chi connectivity index (χ4n) is 4.07. The van der Waals surface area contributed by atoms with Crippen LogP contribution >= 0.6 is 0 Å². The molecule has 0 fully saturated rings. The molecule has 0 radical (unpaired) electrons. The van der Waals surface area contributed by atoms with Gasteiger partial charge in [0.2, 0.25) is 0 Å². The summed E-state index contributed by atoms with van der Waals surface area (Å²) in [5.41, 5.74) is 0. The van der Waals surface area contributed by atoms with E-state index < -0.39 is 0 Å². The second-order valence-corrected chi connectivity index (χ2v) is 8.51. The first kappa shape index (κ1) is 23.2. The largest absolute Gasteiger partial charge is 0.257 e. The molecule has 0 bridgehead atoms. The lowest BCUT2D eigenvalue weighted by Gasteiger charge is -2.15. The summed E-state index contributed by atoms with van der Waals surface area (Å²) in [5.74, 6) is 2.19. The van der Waals surface area contributed by atoms with Crippen LogP contribution in [0.4, 0.5) is 0 Å². The number of H-pyrrole nitrogens is 1. The summed E-state index contributed by atoms with van der Waals surface area (Å²) in [7, 11) is 0. The number of nitrogens with one attached hydrogen (secondary N) is 1. The Morgan fingerprint density at radius 3 is 1.69 bits per heavy atom. The van der Waals surface area contributed by atoms with Gasteiger partial charge in [0, 0.05) is 0 Å². The van der Waals surface area contributed by atoms with Crippen LogP contribution in [0, 0.1) is 0 Å². The van der Waals surface area contributed by atoms with Gasteiger partial charge in [-0.25, -0.2) is 9.55 Å². The molecule has 1 aromatic rings. The first-order valence-electron chi connectivity index (χ1n) is 11.8. The number of aromatic amines is 1. The van der Waals surface area contributed by atoms with E-state index in [1.54, 1.807) is 0 Å². The third-order valence-corrected chi connectivity index (χ3v) is 5.75. The molecule has 1 aromatic heterocycles. The van der Waals surface area contributed by atoms with Crippen LogP contribution < -0.4 is 4.57 Å². The van der Waals surface area contributed by atoms with Crippen molar-refractivity contribution in [3.05, 3.63) is 18.2 Å². The van der Waals surface area contributed by atoms with Crippen LogP contribution in [0.3, 0.4) is 0 Å². The Bertz CT molecular complexity index is 422. The van der Waals surface area contributed by atoms with Gasteiger partial charge in [-0.3, -0.25) is 0 Å². The highest BCUT2D eigenvalue weighted by atomic mass is 15.1. The Kier molecular flexibility index (Phi) is 13.7. The lowest BCUT2D eigenvalue weighted by Crippen LogP contribution is -2.39. The van der Waals surface area contributed by atoms with E-state index in [1.165, 1.54) is 102 Å². The molecule has 1 rings (SSSR count). The Balaban J connectivity index is 2.34. The highest BCUT2D eigenvalue weighted by Gasteiger charge is 2.23. The monoisotopic (exact) mass is 363 g/mol. The van der Waals surface area contributed by atoms with E-state index in [4.69, 9.17) is 0 Å². The fourth-order valence-corrected chi connectivity index (χ4v) is 4.07. The minimum Gasteiger partial charge on any atom is -0.247 e. The van der Waals surface area contributed by atoms with E-state index >= 15 is 0 Å². The molecule has 0 amide bonds. The smallest absolute Gasteiger partial charge is 0.247 e. The third kappa shape index (κ3) is 9.78. The van der Waals surface area contributed by atoms with Crippen LogP contribution in [0.15, 0.2) is 12.4 Å². The van der Waals surface area contributed by atoms with Crippen molar-refractivity contribution in [3.8, 4) is 0 Å². The predicted molar refractivity (Wildman–Crippen MR) is 115 cm³/mol. The maximum absolute atomic E-state index is 3.57. The number of rotatable bonds is 17. The van der Waals surface area contributed by atoms with E-state index in [1.807, 2.05) is 0 Å². The predicted octanol–water partition coefficient (Wildman–Crippen LogP) is 7.86. The van der Waals surface area contributed by atoms with Gasteiger partial charge in [0.25, 0.3) is 5.82 Å². The highest BCUT2D eigenvalue weighted by Crippen LogP contribution is 2.26. The lowest BCUT2D eigenvalue weighted by atomic mass is 9.93. The first-order chi connectivity index (χ1) is 12.7. The molecule has 0 saturated heterocycles. The molecule has 0 aromatic carbocycles. The minimum atomic E-state index is 0.553. The lowest BCUT2D eigenvalue weighted by molar-refractivity contribution is -0.723. The summed E-state index contributed by atoms with van der Waals surface area (Å²) in [5, 5.41) is 0. The maximum atomic E-state index is 3.57. The van der Waals surface area contributed by atoms with Crippen LogP contribution in [-0.4, -0.2) is 4.98 Å². The van der Waals surface area contributed by atoms with Gasteiger partial charge in [-0.15, -0.1) is 0 Å². The van der Waals surface area contributed by atoms with Crippen molar-refractivity contribution in [2.75, 3.05) is 0 Å². The van der Waals surface area contributed by atoms with Crippen molar-refractivity contribution < 1.29 is 4.57 Å². The molecule has 152 valence electrons. The number of hydrogen-bond donors (Lipinski definition) is 1. The van der Waals surface area contributed by atoms with Crippen molar-refractivity contribution in [1.29, 1.82) is 0 Å². The van der Waals surface area contributed by atoms with Crippen molar-refractivity contribution in [1.82, 2.24) is 4.98 Å². The highest BCUT2D eigenvalue weighted by molar-refractivity contribution is 4.90. The zero-order chi connectivity index (χ0) is 19.0. The molecule has 0 aliphatic heterocycles. The Morgan fingerprint density at radius 1 is 0.731 bits per heavy atom. The van der Waals surface area contributed by atoms with Crippen LogP contribution in [0.2, 0.25) is 0 Å². The van der Waals surface area contributed by atoms with E-state index in [-0.39, 0.29) is 0 Å². The maximum Gasteiger partial charge on any atom is 0.257 e. The molecule has 26 heavy (non-hydrogen) atoms. The molecule has 2 heteroatoms. The van der Waals surface area contributed by atoms with Gasteiger partial charge in [-0.2, -0.15) is 0 Å². The summed E-state index contributed by atoms with van der Waals surface area (Å²) in [6.07, 6.45) is 25.4.